The molecule has 2 aliphatic carbocycles. The number of carbonyl (C=O) groups is 2. The molecular weight excluding hydrogens is 448 g/mol. The number of fused-ring (bicyclic) bond motifs is 1. The van der Waals surface area contributed by atoms with Crippen molar-refractivity contribution < 1.29 is 24.2 Å². The molecule has 1 aromatic carbocycles. The van der Waals surface area contributed by atoms with Gasteiger partial charge in [0.1, 0.15) is 0 Å². The number of methoxy groups -OCH3 is 2. The lowest BCUT2D eigenvalue weighted by Gasteiger charge is -2.42. The average molecular weight is 487 g/mol. The van der Waals surface area contributed by atoms with Gasteiger partial charge in [0.25, 0.3) is 0 Å². The van der Waals surface area contributed by atoms with Gasteiger partial charge < -0.3 is 24.8 Å². The van der Waals surface area contributed by atoms with Crippen LogP contribution in [-0.2, 0) is 10.2 Å². The molecule has 1 saturated heterocycles. The number of likely N-dealkylation sites (N-methyl/N-ethyl adjacent to an activating group) is 1. The Balaban J connectivity index is 1.34. The van der Waals surface area contributed by atoms with Crippen LogP contribution in [0.4, 0.5) is 4.79 Å². The molecule has 2 atom stereocenters. The van der Waals surface area contributed by atoms with Gasteiger partial charge in [0, 0.05) is 30.1 Å². The lowest BCUT2D eigenvalue weighted by atomic mass is 9.65. The summed E-state index contributed by atoms with van der Waals surface area (Å²) in [6.45, 7) is 1.57. The van der Waals surface area contributed by atoms with Crippen molar-refractivity contribution in [2.24, 2.45) is 16.9 Å². The van der Waals surface area contributed by atoms with Crippen LogP contribution in [0.25, 0.3) is 0 Å². The quantitative estimate of drug-likeness (QED) is 0.510. The zero-order chi connectivity index (χ0) is 25.0. The number of urea groups is 1. The van der Waals surface area contributed by atoms with Crippen LogP contribution < -0.4 is 20.2 Å². The summed E-state index contributed by atoms with van der Waals surface area (Å²) in [6.07, 6.45) is 6.71. The number of nitrogens with one attached hydrogen (secondary N) is 2. The van der Waals surface area contributed by atoms with E-state index in [1.54, 1.807) is 14.2 Å². The van der Waals surface area contributed by atoms with Crippen LogP contribution in [0, 0.1) is 11.8 Å². The Bertz CT molecular complexity index is 959. The fraction of sp³-hybridized carbons (Fsp3) is 0.654. The first kappa shape index (κ1) is 25.3. The number of hydrogen-bond acceptors (Lipinski definition) is 6. The molecule has 4 rings (SSSR count). The number of carboxylic acids is 1. The Labute approximate surface area is 207 Å². The monoisotopic (exact) mass is 486 g/mol. The fourth-order valence-corrected chi connectivity index (χ4v) is 6.20. The van der Waals surface area contributed by atoms with Gasteiger partial charge in [-0.2, -0.15) is 5.10 Å². The zero-order valence-corrected chi connectivity index (χ0v) is 21.0. The summed E-state index contributed by atoms with van der Waals surface area (Å²) in [5, 5.41) is 16.5. The molecule has 3 fully saturated rings. The van der Waals surface area contributed by atoms with E-state index in [4.69, 9.17) is 14.6 Å². The molecule has 0 radical (unpaired) electrons. The predicted octanol–water partition coefficient (Wildman–Crippen LogP) is 3.38. The summed E-state index contributed by atoms with van der Waals surface area (Å²) in [7, 11) is 5.48. The fourth-order valence-electron chi connectivity index (χ4n) is 6.20. The molecule has 9 nitrogen and oxygen atoms in total. The second-order valence-electron chi connectivity index (χ2n) is 10.2. The number of hydrazone groups is 1. The molecule has 2 amide bonds. The molecule has 2 saturated carbocycles. The molecule has 0 aromatic heterocycles. The lowest BCUT2D eigenvalue weighted by Crippen LogP contribution is -2.46. The normalized spacial score (nSPS) is 29.9. The summed E-state index contributed by atoms with van der Waals surface area (Å²) in [5.74, 6) is 0.867. The topological polar surface area (TPSA) is 112 Å². The molecule has 0 spiro atoms. The third kappa shape index (κ3) is 5.39. The Hall–Kier alpha value is -2.81. The largest absolute Gasteiger partial charge is 0.493 e. The summed E-state index contributed by atoms with van der Waals surface area (Å²) >= 11 is 0. The van der Waals surface area contributed by atoms with Crippen molar-refractivity contribution >= 4 is 17.7 Å². The van der Waals surface area contributed by atoms with E-state index in [2.05, 4.69) is 39.9 Å². The van der Waals surface area contributed by atoms with Gasteiger partial charge in [-0.1, -0.05) is 6.07 Å². The Morgan fingerprint density at radius 2 is 1.89 bits per heavy atom. The van der Waals surface area contributed by atoms with Crippen LogP contribution in [0.3, 0.4) is 0 Å². The molecule has 192 valence electrons. The van der Waals surface area contributed by atoms with Crippen molar-refractivity contribution in [1.82, 2.24) is 15.6 Å². The van der Waals surface area contributed by atoms with Gasteiger partial charge in [-0.3, -0.25) is 4.79 Å². The van der Waals surface area contributed by atoms with E-state index in [1.165, 1.54) is 5.56 Å². The zero-order valence-electron chi connectivity index (χ0n) is 21.0. The number of nitrogens with zero attached hydrogens (tertiary/aromatic N) is 2. The van der Waals surface area contributed by atoms with Crippen LogP contribution in [0.1, 0.15) is 56.9 Å². The first-order valence-electron chi connectivity index (χ1n) is 12.6. The molecule has 0 unspecified atom stereocenters. The van der Waals surface area contributed by atoms with E-state index < -0.39 is 5.97 Å². The summed E-state index contributed by atoms with van der Waals surface area (Å²) < 4.78 is 11.0. The van der Waals surface area contributed by atoms with Gasteiger partial charge in [-0.25, -0.2) is 10.2 Å². The van der Waals surface area contributed by atoms with Crippen LogP contribution >= 0.6 is 0 Å². The van der Waals surface area contributed by atoms with Gasteiger partial charge in [0.15, 0.2) is 11.5 Å². The highest BCUT2D eigenvalue weighted by Gasteiger charge is 2.50. The minimum atomic E-state index is -0.708. The summed E-state index contributed by atoms with van der Waals surface area (Å²) in [6, 6.07) is 6.27. The van der Waals surface area contributed by atoms with Crippen LogP contribution in [0.15, 0.2) is 23.3 Å². The Morgan fingerprint density at radius 3 is 2.57 bits per heavy atom. The number of benzene rings is 1. The van der Waals surface area contributed by atoms with Crippen molar-refractivity contribution in [3.63, 3.8) is 0 Å². The number of aliphatic carboxylic acids is 1. The SMILES string of the molecule is COc1ccc([C@@]23CCC(=NNC(=O)NCC4CCC(C(=O)O)CC4)C[C@@H]2N(C)CC3)cc1OC. The van der Waals surface area contributed by atoms with E-state index in [-0.39, 0.29) is 17.4 Å². The third-order valence-electron chi connectivity index (χ3n) is 8.39. The third-order valence-corrected chi connectivity index (χ3v) is 8.39. The van der Waals surface area contributed by atoms with Crippen molar-refractivity contribution in [1.29, 1.82) is 0 Å². The molecule has 1 aromatic rings. The maximum Gasteiger partial charge on any atom is 0.335 e. The van der Waals surface area contributed by atoms with Gasteiger partial charge in [0.05, 0.1) is 20.1 Å². The van der Waals surface area contributed by atoms with Crippen LogP contribution in [-0.4, -0.2) is 68.1 Å². The van der Waals surface area contributed by atoms with Gasteiger partial charge in [0.2, 0.25) is 0 Å². The molecule has 0 bridgehead atoms. The van der Waals surface area contributed by atoms with E-state index >= 15 is 0 Å². The number of rotatable bonds is 7. The van der Waals surface area contributed by atoms with Gasteiger partial charge in [-0.15, -0.1) is 0 Å². The molecular formula is C26H38N4O5. The standard InChI is InChI=1S/C26H38N4O5/c1-30-13-12-26(19-8-9-21(34-2)22(14-19)35-3)11-10-20(15-23(26)30)28-29-25(33)27-16-17-4-6-18(7-5-17)24(31)32/h8-9,14,17-18,23H,4-7,10-13,15-16H2,1-3H3,(H,31,32)(H2,27,29,33)/t17?,18?,23-,26-/m0/s1. The minimum Gasteiger partial charge on any atom is -0.493 e. The van der Waals surface area contributed by atoms with Crippen molar-refractivity contribution in [3.05, 3.63) is 23.8 Å². The van der Waals surface area contributed by atoms with E-state index in [9.17, 15) is 9.59 Å². The highest BCUT2D eigenvalue weighted by Crippen LogP contribution is 2.49. The maximum atomic E-state index is 12.3. The number of hydrogen-bond donors (Lipinski definition) is 3. The number of carbonyl (C=O) groups excluding carboxylic acids is 1. The maximum absolute atomic E-state index is 12.3. The molecule has 9 heteroatoms. The van der Waals surface area contributed by atoms with Gasteiger partial charge >= 0.3 is 12.0 Å². The molecule has 3 aliphatic rings. The number of ether oxygens (including phenoxy) is 2. The molecule has 1 heterocycles. The molecule has 1 aliphatic heterocycles. The minimum absolute atomic E-state index is 0.0321. The van der Waals surface area contributed by atoms with E-state index in [0.717, 1.165) is 62.3 Å². The van der Waals surface area contributed by atoms with Crippen molar-refractivity contribution in [2.75, 3.05) is 34.4 Å². The number of amides is 2. The summed E-state index contributed by atoms with van der Waals surface area (Å²) in [4.78, 5) is 25.8. The Morgan fingerprint density at radius 1 is 1.14 bits per heavy atom. The van der Waals surface area contributed by atoms with Crippen LogP contribution in [0.2, 0.25) is 0 Å². The van der Waals surface area contributed by atoms with Crippen LogP contribution in [0.5, 0.6) is 11.5 Å². The number of likely N-dealkylation sites (tertiary alicyclic amines) is 1. The van der Waals surface area contributed by atoms with E-state index in [1.807, 2.05) is 6.07 Å². The second-order valence-corrected chi connectivity index (χ2v) is 10.2. The summed E-state index contributed by atoms with van der Waals surface area (Å²) in [5.41, 5.74) is 5.00. The predicted molar refractivity (Wildman–Crippen MR) is 133 cm³/mol. The van der Waals surface area contributed by atoms with E-state index in [0.29, 0.717) is 31.3 Å². The number of carboxylic acid groups (broad SMARTS) is 1. The van der Waals surface area contributed by atoms with Crippen molar-refractivity contribution in [3.8, 4) is 11.5 Å². The lowest BCUT2D eigenvalue weighted by molar-refractivity contribution is -0.143. The first-order chi connectivity index (χ1) is 16.9. The van der Waals surface area contributed by atoms with Crippen molar-refractivity contribution in [2.45, 2.75) is 62.8 Å². The highest BCUT2D eigenvalue weighted by atomic mass is 16.5. The molecule has 35 heavy (non-hydrogen) atoms. The average Bonchev–Trinajstić information content (AvgIpc) is 3.22. The smallest absolute Gasteiger partial charge is 0.335 e. The second kappa shape index (κ2) is 10.8. The molecule has 3 N–H and O–H groups in total. The highest BCUT2D eigenvalue weighted by molar-refractivity contribution is 5.88. The Kier molecular flexibility index (Phi) is 7.84. The van der Waals surface area contributed by atoms with Gasteiger partial charge in [-0.05, 0) is 82.2 Å². The first-order valence-corrected chi connectivity index (χ1v) is 12.6.